The third-order valence-corrected chi connectivity index (χ3v) is 5.82. The molecule has 2 aromatic heterocycles. The molecule has 0 aromatic carbocycles. The number of nitrogens with zero attached hydrogens (tertiary/aromatic N) is 2. The maximum atomic E-state index is 12.5. The number of pyridine rings is 1. The topological polar surface area (TPSA) is 62.3 Å². The predicted molar refractivity (Wildman–Crippen MR) is 86.4 cm³/mol. The Morgan fingerprint density at radius 2 is 2.14 bits per heavy atom. The molecular weight excluding hydrogens is 330 g/mol. The lowest BCUT2D eigenvalue weighted by atomic mass is 10.4. The van der Waals surface area contributed by atoms with Crippen molar-refractivity contribution in [3.05, 3.63) is 39.7 Å². The summed E-state index contributed by atoms with van der Waals surface area (Å²) < 4.78 is 27.0. The van der Waals surface area contributed by atoms with Gasteiger partial charge in [-0.25, -0.2) is 13.4 Å². The quantitative estimate of drug-likeness (QED) is 0.874. The fraction of sp³-hybridized carbons (Fsp3) is 0.308. The van der Waals surface area contributed by atoms with Gasteiger partial charge in [-0.3, -0.25) is 0 Å². The Bertz CT molecular complexity index is 716. The Labute approximate surface area is 133 Å². The largest absolute Gasteiger partial charge is 0.370 e. The number of hydrogen-bond donors (Lipinski definition) is 1. The van der Waals surface area contributed by atoms with Gasteiger partial charge in [-0.1, -0.05) is 11.6 Å². The molecule has 2 heterocycles. The summed E-state index contributed by atoms with van der Waals surface area (Å²) in [5, 5.41) is 3.00. The van der Waals surface area contributed by atoms with E-state index in [0.29, 0.717) is 23.2 Å². The molecule has 0 aliphatic heterocycles. The van der Waals surface area contributed by atoms with Gasteiger partial charge in [0, 0.05) is 37.3 Å². The molecule has 0 fully saturated rings. The first-order valence-electron chi connectivity index (χ1n) is 6.34. The highest BCUT2D eigenvalue weighted by Gasteiger charge is 2.22. The molecule has 21 heavy (non-hydrogen) atoms. The molecule has 0 amide bonds. The van der Waals surface area contributed by atoms with Crippen LogP contribution in [-0.2, 0) is 16.6 Å². The number of thiophene rings is 1. The molecule has 2 aromatic rings. The lowest BCUT2D eigenvalue weighted by Crippen LogP contribution is -2.26. The zero-order valence-corrected chi connectivity index (χ0v) is 14.1. The second kappa shape index (κ2) is 6.74. The van der Waals surface area contributed by atoms with Crippen molar-refractivity contribution >= 4 is 38.8 Å². The minimum atomic E-state index is -3.55. The first-order chi connectivity index (χ1) is 9.93. The van der Waals surface area contributed by atoms with E-state index < -0.39 is 10.0 Å². The molecule has 0 spiro atoms. The third kappa shape index (κ3) is 3.94. The first-order valence-corrected chi connectivity index (χ1v) is 8.97. The smallest absolute Gasteiger partial charge is 0.243 e. The molecule has 0 saturated heterocycles. The normalized spacial score (nSPS) is 11.8. The van der Waals surface area contributed by atoms with Crippen molar-refractivity contribution in [1.82, 2.24) is 9.29 Å². The summed E-state index contributed by atoms with van der Waals surface area (Å²) in [5.74, 6) is 0.547. The highest BCUT2D eigenvalue weighted by atomic mass is 35.5. The van der Waals surface area contributed by atoms with Crippen LogP contribution in [0.15, 0.2) is 35.4 Å². The van der Waals surface area contributed by atoms with Crippen LogP contribution < -0.4 is 5.32 Å². The van der Waals surface area contributed by atoms with E-state index in [2.05, 4.69) is 10.3 Å². The van der Waals surface area contributed by atoms with Gasteiger partial charge in [-0.2, -0.15) is 4.31 Å². The number of sulfonamides is 1. The molecule has 0 saturated carbocycles. The minimum Gasteiger partial charge on any atom is -0.370 e. The number of anilines is 1. The monoisotopic (exact) mass is 345 g/mol. The fourth-order valence-electron chi connectivity index (χ4n) is 1.77. The SMILES string of the molecule is CCNc1cc(S(=O)(=O)N(C)Cc2ccc(Cl)s2)ccn1. The molecular formula is C13H16ClN3O2S2. The average molecular weight is 346 g/mol. The number of rotatable bonds is 6. The van der Waals surface area contributed by atoms with Crippen molar-refractivity contribution in [3.63, 3.8) is 0 Å². The van der Waals surface area contributed by atoms with Gasteiger partial charge >= 0.3 is 0 Å². The molecule has 0 bridgehead atoms. The summed E-state index contributed by atoms with van der Waals surface area (Å²) in [4.78, 5) is 5.20. The van der Waals surface area contributed by atoms with E-state index in [1.807, 2.05) is 13.0 Å². The number of hydrogen-bond acceptors (Lipinski definition) is 5. The van der Waals surface area contributed by atoms with Crippen LogP contribution in [-0.4, -0.2) is 31.3 Å². The van der Waals surface area contributed by atoms with E-state index >= 15 is 0 Å². The van der Waals surface area contributed by atoms with E-state index in [4.69, 9.17) is 11.6 Å². The Hall–Kier alpha value is -1.15. The zero-order valence-electron chi connectivity index (χ0n) is 11.7. The second-order valence-electron chi connectivity index (χ2n) is 4.37. The van der Waals surface area contributed by atoms with Gasteiger partial charge in [0.2, 0.25) is 10.0 Å². The van der Waals surface area contributed by atoms with Crippen LogP contribution in [0.1, 0.15) is 11.8 Å². The van der Waals surface area contributed by atoms with Crippen LogP contribution in [0.3, 0.4) is 0 Å². The fourth-order valence-corrected chi connectivity index (χ4v) is 4.16. The van der Waals surface area contributed by atoms with Crippen LogP contribution in [0.4, 0.5) is 5.82 Å². The average Bonchev–Trinajstić information content (AvgIpc) is 2.85. The third-order valence-electron chi connectivity index (χ3n) is 2.80. The molecule has 114 valence electrons. The summed E-state index contributed by atoms with van der Waals surface area (Å²) in [6.45, 7) is 2.90. The molecule has 2 rings (SSSR count). The standard InChI is InChI=1S/C13H16ClN3O2S2/c1-3-15-13-8-11(6-7-16-13)21(18,19)17(2)9-10-4-5-12(14)20-10/h4-8H,3,9H2,1-2H3,(H,15,16). The van der Waals surface area contributed by atoms with Crippen molar-refractivity contribution in [2.45, 2.75) is 18.4 Å². The minimum absolute atomic E-state index is 0.221. The highest BCUT2D eigenvalue weighted by Crippen LogP contribution is 2.25. The molecule has 0 aliphatic rings. The van der Waals surface area contributed by atoms with Crippen LogP contribution in [0.2, 0.25) is 4.34 Å². The maximum Gasteiger partial charge on any atom is 0.243 e. The molecule has 5 nitrogen and oxygen atoms in total. The van der Waals surface area contributed by atoms with Crippen molar-refractivity contribution in [3.8, 4) is 0 Å². The lowest BCUT2D eigenvalue weighted by molar-refractivity contribution is 0.469. The Morgan fingerprint density at radius 3 is 2.76 bits per heavy atom. The summed E-state index contributed by atoms with van der Waals surface area (Å²) in [5.41, 5.74) is 0. The second-order valence-corrected chi connectivity index (χ2v) is 8.22. The van der Waals surface area contributed by atoms with Crippen molar-refractivity contribution in [2.75, 3.05) is 18.9 Å². The van der Waals surface area contributed by atoms with Crippen molar-refractivity contribution < 1.29 is 8.42 Å². The zero-order chi connectivity index (χ0) is 15.5. The van der Waals surface area contributed by atoms with E-state index in [1.165, 1.54) is 34.0 Å². The Morgan fingerprint density at radius 1 is 1.38 bits per heavy atom. The van der Waals surface area contributed by atoms with Crippen molar-refractivity contribution in [2.24, 2.45) is 0 Å². The number of halogens is 1. The summed E-state index contributed by atoms with van der Waals surface area (Å²) in [6, 6.07) is 6.62. The van der Waals surface area contributed by atoms with Crippen molar-refractivity contribution in [1.29, 1.82) is 0 Å². The highest BCUT2D eigenvalue weighted by molar-refractivity contribution is 7.89. The van der Waals surface area contributed by atoms with Gasteiger partial charge in [0.15, 0.2) is 0 Å². The number of aromatic nitrogens is 1. The predicted octanol–water partition coefficient (Wildman–Crippen LogP) is 3.05. The van der Waals surface area contributed by atoms with E-state index in [1.54, 1.807) is 13.1 Å². The molecule has 0 unspecified atom stereocenters. The maximum absolute atomic E-state index is 12.5. The molecule has 1 N–H and O–H groups in total. The Balaban J connectivity index is 2.22. The van der Waals surface area contributed by atoms with E-state index in [9.17, 15) is 8.42 Å². The molecule has 0 aliphatic carbocycles. The van der Waals surface area contributed by atoms with Crippen LogP contribution in [0.5, 0.6) is 0 Å². The van der Waals surface area contributed by atoms with Crippen LogP contribution >= 0.6 is 22.9 Å². The lowest BCUT2D eigenvalue weighted by Gasteiger charge is -2.16. The summed E-state index contributed by atoms with van der Waals surface area (Å²) in [6.07, 6.45) is 1.49. The van der Waals surface area contributed by atoms with Crippen LogP contribution in [0, 0.1) is 0 Å². The summed E-state index contributed by atoms with van der Waals surface area (Å²) >= 11 is 7.24. The van der Waals surface area contributed by atoms with Gasteiger partial charge in [0.25, 0.3) is 0 Å². The van der Waals surface area contributed by atoms with Gasteiger partial charge in [0.05, 0.1) is 9.23 Å². The molecule has 8 heteroatoms. The number of nitrogens with one attached hydrogen (secondary N) is 1. The molecule has 0 atom stereocenters. The first kappa shape index (κ1) is 16.2. The van der Waals surface area contributed by atoms with E-state index in [0.717, 1.165) is 4.88 Å². The van der Waals surface area contributed by atoms with Gasteiger partial charge < -0.3 is 5.32 Å². The van der Waals surface area contributed by atoms with Gasteiger partial charge in [0.1, 0.15) is 5.82 Å². The van der Waals surface area contributed by atoms with E-state index in [-0.39, 0.29) is 4.90 Å². The molecule has 0 radical (unpaired) electrons. The van der Waals surface area contributed by atoms with Gasteiger partial charge in [-0.15, -0.1) is 11.3 Å². The van der Waals surface area contributed by atoms with Gasteiger partial charge in [-0.05, 0) is 25.1 Å². The Kier molecular flexibility index (Phi) is 5.21. The summed E-state index contributed by atoms with van der Waals surface area (Å²) in [7, 11) is -2.00. The van der Waals surface area contributed by atoms with Crippen LogP contribution in [0.25, 0.3) is 0 Å².